The Morgan fingerprint density at radius 2 is 1.73 bits per heavy atom. The molecular weight excluding hydrogens is 186 g/mol. The molecule has 1 N–H and O–H groups in total. The molecule has 1 aromatic carbocycles. The summed E-state index contributed by atoms with van der Waals surface area (Å²) in [5.41, 5.74) is 1.10. The van der Waals surface area contributed by atoms with E-state index in [1.165, 1.54) is 0 Å². The van der Waals surface area contributed by atoms with Gasteiger partial charge in [-0.3, -0.25) is 4.57 Å². The molecule has 0 radical (unpaired) electrons. The number of aryl methyl sites for hydroxylation is 1. The predicted octanol–water partition coefficient (Wildman–Crippen LogP) is 0.439. The monoisotopic (exact) mass is 196 g/mol. The second kappa shape index (κ2) is 5.65. The molecule has 1 aromatic rings. The zero-order chi connectivity index (χ0) is 7.56. The molecule has 2 nitrogen and oxygen atoms in total. The van der Waals surface area contributed by atoms with E-state index in [1.54, 1.807) is 12.1 Å². The van der Waals surface area contributed by atoms with Gasteiger partial charge in [0.15, 0.2) is 0 Å². The van der Waals surface area contributed by atoms with E-state index >= 15 is 0 Å². The summed E-state index contributed by atoms with van der Waals surface area (Å²) in [5, 5.41) is 0.524. The maximum absolute atomic E-state index is 10.5. The average molecular weight is 196 g/mol. The summed E-state index contributed by atoms with van der Waals surface area (Å²) in [4.78, 5) is 8.66. The summed E-state index contributed by atoms with van der Waals surface area (Å²) in [6.45, 7) is 1.94. The van der Waals surface area contributed by atoms with Crippen molar-refractivity contribution >= 4 is 64.7 Å². The molecule has 0 heterocycles. The second-order valence-electron chi connectivity index (χ2n) is 2.17. The van der Waals surface area contributed by atoms with Crippen molar-refractivity contribution in [3.63, 3.8) is 0 Å². The van der Waals surface area contributed by atoms with E-state index in [0.717, 1.165) is 5.56 Å². The van der Waals surface area contributed by atoms with Gasteiger partial charge in [0.2, 0.25) is 8.03 Å². The molecule has 0 spiro atoms. The third kappa shape index (κ3) is 3.99. The SMILES string of the molecule is Cc1ccc([PH](=O)O)cc1.[KH]. The normalized spacial score (nSPS) is 11.8. The summed E-state index contributed by atoms with van der Waals surface area (Å²) in [6.07, 6.45) is 0. The quantitative estimate of drug-likeness (QED) is 0.522. The zero-order valence-corrected chi connectivity index (χ0v) is 6.66. The molecule has 0 amide bonds. The topological polar surface area (TPSA) is 37.3 Å². The van der Waals surface area contributed by atoms with E-state index in [4.69, 9.17) is 4.89 Å². The molecule has 0 aliphatic carbocycles. The molecule has 0 saturated carbocycles. The summed E-state index contributed by atoms with van der Waals surface area (Å²) in [5.74, 6) is 0. The first kappa shape index (κ1) is 12.0. The first-order valence-electron chi connectivity index (χ1n) is 3.00. The summed E-state index contributed by atoms with van der Waals surface area (Å²) in [7, 11) is -2.48. The van der Waals surface area contributed by atoms with Crippen LogP contribution in [-0.4, -0.2) is 56.3 Å². The summed E-state index contributed by atoms with van der Waals surface area (Å²) >= 11 is 0. The summed E-state index contributed by atoms with van der Waals surface area (Å²) in [6, 6.07) is 7.01. The Bertz CT molecular complexity index is 245. The minimum absolute atomic E-state index is 0. The second-order valence-corrected chi connectivity index (χ2v) is 3.36. The van der Waals surface area contributed by atoms with Gasteiger partial charge in [-0.15, -0.1) is 0 Å². The van der Waals surface area contributed by atoms with Crippen molar-refractivity contribution in [2.45, 2.75) is 6.92 Å². The molecule has 4 heteroatoms. The molecule has 0 aliphatic heterocycles. The van der Waals surface area contributed by atoms with E-state index in [2.05, 4.69) is 0 Å². The Morgan fingerprint density at radius 1 is 1.27 bits per heavy atom. The fourth-order valence-electron chi connectivity index (χ4n) is 0.696. The predicted molar refractivity (Wildman–Crippen MR) is 49.2 cm³/mol. The average Bonchev–Trinajstić information content (AvgIpc) is 1.88. The van der Waals surface area contributed by atoms with Crippen molar-refractivity contribution in [1.29, 1.82) is 0 Å². The fraction of sp³-hybridized carbons (Fsp3) is 0.143. The molecule has 56 valence electrons. The van der Waals surface area contributed by atoms with Crippen molar-refractivity contribution in [1.82, 2.24) is 0 Å². The third-order valence-electron chi connectivity index (χ3n) is 1.30. The maximum atomic E-state index is 10.5. The van der Waals surface area contributed by atoms with Crippen LogP contribution in [0.3, 0.4) is 0 Å². The van der Waals surface area contributed by atoms with E-state index in [0.29, 0.717) is 5.30 Å². The fourth-order valence-corrected chi connectivity index (χ4v) is 1.15. The van der Waals surface area contributed by atoms with E-state index in [9.17, 15) is 4.57 Å². The van der Waals surface area contributed by atoms with Gasteiger partial charge in [-0.05, 0) is 19.1 Å². The Morgan fingerprint density at radius 3 is 2.09 bits per heavy atom. The van der Waals surface area contributed by atoms with Crippen LogP contribution in [-0.2, 0) is 4.57 Å². The molecule has 0 saturated heterocycles. The van der Waals surface area contributed by atoms with Gasteiger partial charge in [0.1, 0.15) is 0 Å². The van der Waals surface area contributed by atoms with Crippen molar-refractivity contribution in [3.05, 3.63) is 29.8 Å². The van der Waals surface area contributed by atoms with Gasteiger partial charge in [0.25, 0.3) is 0 Å². The minimum atomic E-state index is -2.48. The Labute approximate surface area is 109 Å². The van der Waals surface area contributed by atoms with Crippen LogP contribution >= 0.6 is 8.03 Å². The Balaban J connectivity index is 0.000001000. The Hall–Kier alpha value is 1.05. The van der Waals surface area contributed by atoms with Gasteiger partial charge in [-0.25, -0.2) is 0 Å². The molecule has 0 aliphatic rings. The van der Waals surface area contributed by atoms with Gasteiger partial charge < -0.3 is 4.89 Å². The van der Waals surface area contributed by atoms with Crippen LogP contribution in [0.25, 0.3) is 0 Å². The van der Waals surface area contributed by atoms with Crippen LogP contribution in [0.15, 0.2) is 24.3 Å². The molecule has 0 fully saturated rings. The first-order valence-corrected chi connectivity index (χ1v) is 4.35. The van der Waals surface area contributed by atoms with Crippen LogP contribution < -0.4 is 5.30 Å². The Kier molecular flexibility index (Phi) is 6.19. The van der Waals surface area contributed by atoms with Crippen LogP contribution in [0.1, 0.15) is 5.56 Å². The standard InChI is InChI=1S/C7H9O2P.K.H/c1-6-2-4-7(5-3-6)10(8)9;;/h2-5,10H,1H3,(H,8,9);;. The van der Waals surface area contributed by atoms with Crippen molar-refractivity contribution < 1.29 is 9.46 Å². The van der Waals surface area contributed by atoms with Crippen LogP contribution in [0.4, 0.5) is 0 Å². The van der Waals surface area contributed by atoms with E-state index in [-0.39, 0.29) is 51.4 Å². The molecular formula is C7H10KO2P. The number of benzene rings is 1. The summed E-state index contributed by atoms with van der Waals surface area (Å²) < 4.78 is 10.5. The van der Waals surface area contributed by atoms with Crippen LogP contribution in [0.2, 0.25) is 0 Å². The molecule has 11 heavy (non-hydrogen) atoms. The van der Waals surface area contributed by atoms with Gasteiger partial charge >= 0.3 is 51.4 Å². The number of rotatable bonds is 1. The van der Waals surface area contributed by atoms with Crippen LogP contribution in [0.5, 0.6) is 0 Å². The van der Waals surface area contributed by atoms with Crippen LogP contribution in [0, 0.1) is 6.92 Å². The van der Waals surface area contributed by atoms with E-state index in [1.807, 2.05) is 19.1 Å². The van der Waals surface area contributed by atoms with Gasteiger partial charge in [-0.2, -0.15) is 0 Å². The van der Waals surface area contributed by atoms with E-state index < -0.39 is 8.03 Å². The van der Waals surface area contributed by atoms with Crippen molar-refractivity contribution in [2.24, 2.45) is 0 Å². The van der Waals surface area contributed by atoms with Gasteiger partial charge in [0, 0.05) is 5.30 Å². The van der Waals surface area contributed by atoms with Gasteiger partial charge in [-0.1, -0.05) is 17.7 Å². The number of hydrogen-bond acceptors (Lipinski definition) is 1. The molecule has 0 aromatic heterocycles. The molecule has 1 unspecified atom stereocenters. The zero-order valence-electron chi connectivity index (χ0n) is 5.66. The molecule has 1 rings (SSSR count). The molecule has 0 bridgehead atoms. The third-order valence-corrected chi connectivity index (χ3v) is 2.13. The van der Waals surface area contributed by atoms with Crippen molar-refractivity contribution in [3.8, 4) is 0 Å². The first-order chi connectivity index (χ1) is 4.70. The van der Waals surface area contributed by atoms with Crippen molar-refractivity contribution in [2.75, 3.05) is 0 Å². The molecule has 1 atom stereocenters. The number of hydrogen-bond donors (Lipinski definition) is 1. The van der Waals surface area contributed by atoms with Gasteiger partial charge in [0.05, 0.1) is 0 Å².